The van der Waals surface area contributed by atoms with Crippen LogP contribution in [0.4, 0.5) is 22.7 Å². The molecule has 8 heteroatoms. The number of anilines is 4. The Morgan fingerprint density at radius 2 is 1.09 bits per heavy atom. The van der Waals surface area contributed by atoms with Gasteiger partial charge in [-0.05, 0) is 24.3 Å². The minimum Gasteiger partial charge on any atom is -0.378 e. The highest BCUT2D eigenvalue weighted by atomic mass is 16.5. The third kappa shape index (κ3) is 4.64. The van der Waals surface area contributed by atoms with Crippen molar-refractivity contribution in [3.63, 3.8) is 0 Å². The van der Waals surface area contributed by atoms with Crippen molar-refractivity contribution < 1.29 is 19.1 Å². The maximum absolute atomic E-state index is 13.1. The van der Waals surface area contributed by atoms with Crippen molar-refractivity contribution in [2.75, 3.05) is 73.0 Å². The smallest absolute Gasteiger partial charge is 0.232 e. The van der Waals surface area contributed by atoms with Gasteiger partial charge in [-0.15, -0.1) is 0 Å². The fourth-order valence-corrected chi connectivity index (χ4v) is 4.69. The second-order valence-corrected chi connectivity index (χ2v) is 8.74. The second kappa shape index (κ2) is 9.87. The van der Waals surface area contributed by atoms with Gasteiger partial charge in [0, 0.05) is 26.2 Å². The lowest BCUT2D eigenvalue weighted by Gasteiger charge is -2.30. The van der Waals surface area contributed by atoms with Crippen molar-refractivity contribution >= 4 is 34.6 Å². The number of hydrogen-bond donors (Lipinski definition) is 2. The van der Waals surface area contributed by atoms with Gasteiger partial charge in [-0.25, -0.2) is 0 Å². The molecule has 0 spiro atoms. The standard InChI is InChI=1S/C26H30N4O4/c1-18-23(25(31)27-19-6-2-4-8-21(19)29-10-14-33-15-11-29)24(18)26(32)28-20-7-3-5-9-22(20)30-12-16-34-17-13-30/h2-9,23-24H,1,10-17H2,(H,27,31)(H,28,32)/t23-,24-/m1/s1. The lowest BCUT2D eigenvalue weighted by atomic mass is 10.2. The molecule has 0 unspecified atom stereocenters. The number of morpholine rings is 2. The molecule has 1 saturated carbocycles. The van der Waals surface area contributed by atoms with Crippen LogP contribution in [0, 0.1) is 11.8 Å². The first-order valence-corrected chi connectivity index (χ1v) is 11.8. The second-order valence-electron chi connectivity index (χ2n) is 8.74. The normalized spacial score (nSPS) is 22.3. The molecule has 2 atom stereocenters. The number of nitrogens with zero attached hydrogens (tertiary/aromatic N) is 2. The number of carbonyl (C=O) groups is 2. The molecule has 8 nitrogen and oxygen atoms in total. The van der Waals surface area contributed by atoms with Gasteiger partial charge in [0.2, 0.25) is 11.8 Å². The lowest BCUT2D eigenvalue weighted by molar-refractivity contribution is -0.122. The number of amides is 2. The molecule has 2 heterocycles. The first-order valence-electron chi connectivity index (χ1n) is 11.8. The van der Waals surface area contributed by atoms with Crippen LogP contribution in [0.3, 0.4) is 0 Å². The van der Waals surface area contributed by atoms with E-state index >= 15 is 0 Å². The molecule has 3 fully saturated rings. The highest BCUT2D eigenvalue weighted by Gasteiger charge is 2.52. The van der Waals surface area contributed by atoms with Gasteiger partial charge < -0.3 is 29.9 Å². The van der Waals surface area contributed by atoms with Crippen LogP contribution in [-0.2, 0) is 19.1 Å². The average molecular weight is 463 g/mol. The third-order valence-electron chi connectivity index (χ3n) is 6.62. The summed E-state index contributed by atoms with van der Waals surface area (Å²) in [6, 6.07) is 15.5. The Morgan fingerprint density at radius 1 is 0.706 bits per heavy atom. The van der Waals surface area contributed by atoms with E-state index in [0.29, 0.717) is 32.0 Å². The highest BCUT2D eigenvalue weighted by Crippen LogP contribution is 2.46. The minimum atomic E-state index is -0.534. The van der Waals surface area contributed by atoms with Crippen molar-refractivity contribution in [3.05, 3.63) is 60.7 Å². The van der Waals surface area contributed by atoms with E-state index in [4.69, 9.17) is 9.47 Å². The van der Waals surface area contributed by atoms with Gasteiger partial charge in [-0.2, -0.15) is 0 Å². The van der Waals surface area contributed by atoms with E-state index in [9.17, 15) is 9.59 Å². The molecule has 2 amide bonds. The topological polar surface area (TPSA) is 83.1 Å². The van der Waals surface area contributed by atoms with Crippen molar-refractivity contribution in [2.45, 2.75) is 0 Å². The molecule has 3 aliphatic rings. The highest BCUT2D eigenvalue weighted by molar-refractivity contribution is 6.09. The van der Waals surface area contributed by atoms with Crippen LogP contribution in [0.5, 0.6) is 0 Å². The number of ether oxygens (including phenoxy) is 2. The third-order valence-corrected chi connectivity index (χ3v) is 6.62. The summed E-state index contributed by atoms with van der Waals surface area (Å²) in [5, 5.41) is 6.06. The molecule has 1 aliphatic carbocycles. The van der Waals surface area contributed by atoms with E-state index in [2.05, 4.69) is 27.0 Å². The molecule has 2 aromatic carbocycles. The number of rotatable bonds is 6. The summed E-state index contributed by atoms with van der Waals surface area (Å²) in [6.07, 6.45) is 0. The van der Waals surface area contributed by atoms with Crippen LogP contribution in [-0.4, -0.2) is 64.4 Å². The molecule has 0 bridgehead atoms. The zero-order chi connectivity index (χ0) is 23.5. The van der Waals surface area contributed by atoms with Crippen molar-refractivity contribution in [1.29, 1.82) is 0 Å². The summed E-state index contributed by atoms with van der Waals surface area (Å²) >= 11 is 0. The van der Waals surface area contributed by atoms with Crippen molar-refractivity contribution in [1.82, 2.24) is 0 Å². The summed E-state index contributed by atoms with van der Waals surface area (Å²) < 4.78 is 10.9. The monoisotopic (exact) mass is 462 g/mol. The predicted molar refractivity (Wildman–Crippen MR) is 132 cm³/mol. The molecule has 2 saturated heterocycles. The van der Waals surface area contributed by atoms with E-state index < -0.39 is 11.8 Å². The Balaban J connectivity index is 1.25. The molecule has 2 aliphatic heterocycles. The van der Waals surface area contributed by atoms with Gasteiger partial charge in [-0.1, -0.05) is 36.4 Å². The van der Waals surface area contributed by atoms with Gasteiger partial charge in [0.25, 0.3) is 0 Å². The van der Waals surface area contributed by atoms with E-state index in [1.807, 2.05) is 48.5 Å². The van der Waals surface area contributed by atoms with Crippen LogP contribution in [0.1, 0.15) is 0 Å². The molecule has 0 aromatic heterocycles. The first-order chi connectivity index (χ1) is 16.6. The fourth-order valence-electron chi connectivity index (χ4n) is 4.69. The van der Waals surface area contributed by atoms with Gasteiger partial charge in [-0.3, -0.25) is 9.59 Å². The summed E-state index contributed by atoms with van der Waals surface area (Å²) in [4.78, 5) is 30.6. The Labute approximate surface area is 199 Å². The SMILES string of the molecule is C=C1[C@@H](C(=O)Nc2ccccc2N2CCOCC2)[C@@H]1C(=O)Nc1ccccc1N1CCOCC1. The summed E-state index contributed by atoms with van der Waals surface area (Å²) in [7, 11) is 0. The minimum absolute atomic E-state index is 0.202. The van der Waals surface area contributed by atoms with Crippen LogP contribution in [0.15, 0.2) is 60.7 Å². The summed E-state index contributed by atoms with van der Waals surface area (Å²) in [6.45, 7) is 9.75. The van der Waals surface area contributed by atoms with Gasteiger partial charge in [0.1, 0.15) is 0 Å². The van der Waals surface area contributed by atoms with E-state index in [0.717, 1.165) is 48.9 Å². The van der Waals surface area contributed by atoms with Crippen LogP contribution in [0.2, 0.25) is 0 Å². The fraction of sp³-hybridized carbons (Fsp3) is 0.385. The maximum atomic E-state index is 13.1. The average Bonchev–Trinajstić information content (AvgIpc) is 3.57. The predicted octanol–water partition coefficient (Wildman–Crippen LogP) is 2.74. The van der Waals surface area contributed by atoms with E-state index in [1.54, 1.807) is 0 Å². The van der Waals surface area contributed by atoms with Gasteiger partial charge >= 0.3 is 0 Å². The van der Waals surface area contributed by atoms with Crippen molar-refractivity contribution in [2.24, 2.45) is 11.8 Å². The Bertz CT molecular complexity index is 992. The number of benzene rings is 2. The van der Waals surface area contributed by atoms with E-state index in [1.165, 1.54) is 0 Å². The summed E-state index contributed by atoms with van der Waals surface area (Å²) in [5.74, 6) is -1.47. The van der Waals surface area contributed by atoms with Crippen LogP contribution < -0.4 is 20.4 Å². The Morgan fingerprint density at radius 3 is 1.50 bits per heavy atom. The quantitative estimate of drug-likeness (QED) is 0.643. The Hall–Kier alpha value is -3.36. The molecule has 2 N–H and O–H groups in total. The zero-order valence-electron chi connectivity index (χ0n) is 19.2. The molecular formula is C26H30N4O4. The van der Waals surface area contributed by atoms with Crippen LogP contribution >= 0.6 is 0 Å². The van der Waals surface area contributed by atoms with Gasteiger partial charge in [0.05, 0.1) is 61.0 Å². The maximum Gasteiger partial charge on any atom is 0.232 e. The number of carbonyl (C=O) groups excluding carboxylic acids is 2. The molecule has 5 rings (SSSR count). The molecule has 34 heavy (non-hydrogen) atoms. The van der Waals surface area contributed by atoms with Crippen molar-refractivity contribution in [3.8, 4) is 0 Å². The number of nitrogens with one attached hydrogen (secondary N) is 2. The van der Waals surface area contributed by atoms with E-state index in [-0.39, 0.29) is 11.8 Å². The molecule has 0 radical (unpaired) electrons. The molecule has 178 valence electrons. The van der Waals surface area contributed by atoms with Crippen LogP contribution in [0.25, 0.3) is 0 Å². The number of hydrogen-bond acceptors (Lipinski definition) is 6. The molecular weight excluding hydrogens is 432 g/mol. The lowest BCUT2D eigenvalue weighted by Crippen LogP contribution is -2.37. The summed E-state index contributed by atoms with van der Waals surface area (Å²) in [5.41, 5.74) is 4.05. The first kappa shape index (κ1) is 22.4. The Kier molecular flexibility index (Phi) is 6.51. The van der Waals surface area contributed by atoms with Gasteiger partial charge in [0.15, 0.2) is 0 Å². The largest absolute Gasteiger partial charge is 0.378 e. The number of para-hydroxylation sites is 4. The zero-order valence-corrected chi connectivity index (χ0v) is 19.2. The molecule has 2 aromatic rings.